The normalized spacial score (nSPS) is 14.2. The van der Waals surface area contributed by atoms with E-state index in [4.69, 9.17) is 4.74 Å². The van der Waals surface area contributed by atoms with Gasteiger partial charge in [-0.05, 0) is 43.4 Å². The highest BCUT2D eigenvalue weighted by molar-refractivity contribution is 5.78. The maximum atomic E-state index is 12.0. The van der Waals surface area contributed by atoms with Crippen LogP contribution in [0.3, 0.4) is 0 Å². The molecule has 0 aliphatic heterocycles. The first-order valence-electron chi connectivity index (χ1n) is 10.8. The average molecular weight is 442 g/mol. The van der Waals surface area contributed by atoms with Gasteiger partial charge >= 0.3 is 12.1 Å². The van der Waals surface area contributed by atoms with Crippen molar-refractivity contribution in [3.05, 3.63) is 41.6 Å². The highest BCUT2D eigenvalue weighted by Gasteiger charge is 2.25. The van der Waals surface area contributed by atoms with Gasteiger partial charge in [0.05, 0.1) is 0 Å². The van der Waals surface area contributed by atoms with Crippen molar-refractivity contribution in [2.75, 3.05) is 31.4 Å². The molecule has 0 spiro atoms. The Labute approximate surface area is 188 Å². The van der Waals surface area contributed by atoms with Crippen molar-refractivity contribution in [1.82, 2.24) is 14.9 Å². The Morgan fingerprint density at radius 2 is 1.91 bits per heavy atom. The molecule has 0 unspecified atom stereocenters. The second kappa shape index (κ2) is 10.3. The Morgan fingerprint density at radius 1 is 1.22 bits per heavy atom. The number of carbonyl (C=O) groups is 2. The molecule has 0 bridgehead atoms. The van der Waals surface area contributed by atoms with E-state index in [-0.39, 0.29) is 6.42 Å². The number of ether oxygens (including phenoxy) is 1. The van der Waals surface area contributed by atoms with Crippen LogP contribution in [0, 0.1) is 0 Å². The lowest BCUT2D eigenvalue weighted by Gasteiger charge is -2.35. The first-order chi connectivity index (χ1) is 15.3. The van der Waals surface area contributed by atoms with E-state index in [1.807, 2.05) is 14.0 Å². The summed E-state index contributed by atoms with van der Waals surface area (Å²) in [6.45, 7) is 1.99. The van der Waals surface area contributed by atoms with Crippen LogP contribution in [-0.2, 0) is 17.6 Å². The van der Waals surface area contributed by atoms with Crippen molar-refractivity contribution in [2.45, 2.75) is 51.1 Å². The molecular formula is C23H31N5O4. The SMILES string of the molecule is CCc1cnc(N(C)C2CCC2)nc1N[C@@H](Cc1ccc(OC(=O)N(C)C)cc1)C(=O)O. The van der Waals surface area contributed by atoms with Gasteiger partial charge in [0.1, 0.15) is 17.6 Å². The summed E-state index contributed by atoms with van der Waals surface area (Å²) in [5, 5.41) is 12.9. The Balaban J connectivity index is 1.73. The summed E-state index contributed by atoms with van der Waals surface area (Å²) < 4.78 is 5.21. The smallest absolute Gasteiger partial charge is 0.414 e. The minimum absolute atomic E-state index is 0.248. The average Bonchev–Trinajstić information content (AvgIpc) is 2.73. The predicted molar refractivity (Wildman–Crippen MR) is 122 cm³/mol. The standard InChI is InChI=1S/C23H31N5O4/c1-5-16-14-24-22(28(4)17-7-6-8-17)26-20(16)25-19(21(29)30)13-15-9-11-18(12-10-15)32-23(31)27(2)3/h9-12,14,17,19H,5-8,13H2,1-4H3,(H,29,30)(H,24,25,26)/t19-/m0/s1. The fraction of sp³-hybridized carbons (Fsp3) is 0.478. The molecule has 9 nitrogen and oxygen atoms in total. The largest absolute Gasteiger partial charge is 0.480 e. The minimum Gasteiger partial charge on any atom is -0.480 e. The van der Waals surface area contributed by atoms with Crippen LogP contribution in [0.5, 0.6) is 5.75 Å². The molecule has 9 heteroatoms. The van der Waals surface area contributed by atoms with Crippen molar-refractivity contribution in [2.24, 2.45) is 0 Å². The molecule has 1 heterocycles. The van der Waals surface area contributed by atoms with Crippen LogP contribution in [0.1, 0.15) is 37.3 Å². The van der Waals surface area contributed by atoms with Gasteiger partial charge in [-0.1, -0.05) is 19.1 Å². The number of rotatable bonds is 9. The number of anilines is 2. The van der Waals surface area contributed by atoms with E-state index < -0.39 is 18.1 Å². The first kappa shape index (κ1) is 23.3. The Hall–Kier alpha value is -3.36. The van der Waals surface area contributed by atoms with Gasteiger partial charge in [0.2, 0.25) is 5.95 Å². The number of carboxylic acid groups (broad SMARTS) is 1. The Kier molecular flexibility index (Phi) is 7.50. The van der Waals surface area contributed by atoms with Gasteiger partial charge < -0.3 is 25.0 Å². The van der Waals surface area contributed by atoms with Crippen LogP contribution in [0.25, 0.3) is 0 Å². The molecule has 172 valence electrons. The number of amides is 1. The summed E-state index contributed by atoms with van der Waals surface area (Å²) >= 11 is 0. The van der Waals surface area contributed by atoms with Crippen LogP contribution in [0.15, 0.2) is 30.5 Å². The number of hydrogen-bond acceptors (Lipinski definition) is 7. The molecule has 3 rings (SSSR count). The van der Waals surface area contributed by atoms with Crippen molar-refractivity contribution >= 4 is 23.8 Å². The van der Waals surface area contributed by atoms with Crippen LogP contribution in [-0.4, -0.2) is 65.3 Å². The van der Waals surface area contributed by atoms with Crippen molar-refractivity contribution in [3.8, 4) is 5.75 Å². The Morgan fingerprint density at radius 3 is 2.44 bits per heavy atom. The summed E-state index contributed by atoms with van der Waals surface area (Å²) in [6, 6.07) is 6.39. The number of hydrogen-bond donors (Lipinski definition) is 2. The van der Waals surface area contributed by atoms with E-state index in [0.717, 1.165) is 24.0 Å². The molecule has 1 amide bonds. The van der Waals surface area contributed by atoms with Crippen molar-refractivity contribution in [3.63, 3.8) is 0 Å². The zero-order valence-corrected chi connectivity index (χ0v) is 19.0. The minimum atomic E-state index is -0.970. The maximum Gasteiger partial charge on any atom is 0.414 e. The van der Waals surface area contributed by atoms with Gasteiger partial charge in [-0.2, -0.15) is 4.98 Å². The number of aromatic nitrogens is 2. The van der Waals surface area contributed by atoms with Gasteiger partial charge in [-0.3, -0.25) is 0 Å². The zero-order chi connectivity index (χ0) is 23.3. The maximum absolute atomic E-state index is 12.0. The molecule has 1 saturated carbocycles. The van der Waals surface area contributed by atoms with Crippen LogP contribution in [0.4, 0.5) is 16.6 Å². The second-order valence-corrected chi connectivity index (χ2v) is 8.24. The summed E-state index contributed by atoms with van der Waals surface area (Å²) in [5.41, 5.74) is 1.67. The third-order valence-electron chi connectivity index (χ3n) is 5.71. The van der Waals surface area contributed by atoms with Gasteiger partial charge in [-0.25, -0.2) is 14.6 Å². The van der Waals surface area contributed by atoms with E-state index in [1.54, 1.807) is 44.6 Å². The molecular weight excluding hydrogens is 410 g/mol. The molecule has 1 aliphatic rings. The molecule has 1 aromatic heterocycles. The van der Waals surface area contributed by atoms with E-state index >= 15 is 0 Å². The predicted octanol–water partition coefficient (Wildman–Crippen LogP) is 3.20. The fourth-order valence-electron chi connectivity index (χ4n) is 3.37. The fourth-order valence-corrected chi connectivity index (χ4v) is 3.37. The van der Waals surface area contributed by atoms with Crippen LogP contribution < -0.4 is 15.0 Å². The number of carboxylic acids is 1. The molecule has 1 aliphatic carbocycles. The van der Waals surface area contributed by atoms with E-state index in [0.29, 0.717) is 30.0 Å². The van der Waals surface area contributed by atoms with Crippen LogP contribution in [0.2, 0.25) is 0 Å². The quantitative estimate of drug-likeness (QED) is 0.611. The highest BCUT2D eigenvalue weighted by Crippen LogP contribution is 2.27. The van der Waals surface area contributed by atoms with Crippen molar-refractivity contribution in [1.29, 1.82) is 0 Å². The monoisotopic (exact) mass is 441 g/mol. The number of nitrogens with zero attached hydrogens (tertiary/aromatic N) is 4. The highest BCUT2D eigenvalue weighted by atomic mass is 16.6. The molecule has 1 atom stereocenters. The number of carbonyl (C=O) groups excluding carboxylic acids is 1. The van der Waals surface area contributed by atoms with Gasteiger partial charge in [0, 0.05) is 45.4 Å². The molecule has 32 heavy (non-hydrogen) atoms. The first-order valence-corrected chi connectivity index (χ1v) is 10.8. The Bertz CT molecular complexity index is 944. The third kappa shape index (κ3) is 5.66. The van der Waals surface area contributed by atoms with Gasteiger partial charge in [0.15, 0.2) is 0 Å². The molecule has 2 N–H and O–H groups in total. The lowest BCUT2D eigenvalue weighted by Crippen LogP contribution is -2.38. The van der Waals surface area contributed by atoms with E-state index in [9.17, 15) is 14.7 Å². The number of aryl methyl sites for hydroxylation is 1. The zero-order valence-electron chi connectivity index (χ0n) is 19.0. The van der Waals surface area contributed by atoms with Gasteiger partial charge in [0.25, 0.3) is 0 Å². The lowest BCUT2D eigenvalue weighted by molar-refractivity contribution is -0.137. The van der Waals surface area contributed by atoms with Crippen molar-refractivity contribution < 1.29 is 19.4 Å². The van der Waals surface area contributed by atoms with E-state index in [2.05, 4.69) is 20.2 Å². The molecule has 0 saturated heterocycles. The number of aliphatic carboxylic acids is 1. The molecule has 1 fully saturated rings. The molecule has 2 aromatic rings. The van der Waals surface area contributed by atoms with E-state index in [1.165, 1.54) is 11.3 Å². The number of benzene rings is 1. The summed E-state index contributed by atoms with van der Waals surface area (Å²) in [6.07, 6.45) is 5.69. The lowest BCUT2D eigenvalue weighted by atomic mass is 9.92. The number of nitrogens with one attached hydrogen (secondary N) is 1. The molecule has 1 aromatic carbocycles. The van der Waals surface area contributed by atoms with Crippen LogP contribution >= 0.6 is 0 Å². The molecule has 0 radical (unpaired) electrons. The van der Waals surface area contributed by atoms with Gasteiger partial charge in [-0.15, -0.1) is 0 Å². The topological polar surface area (TPSA) is 108 Å². The summed E-state index contributed by atoms with van der Waals surface area (Å²) in [4.78, 5) is 36.2. The summed E-state index contributed by atoms with van der Waals surface area (Å²) in [7, 11) is 5.19. The third-order valence-corrected chi connectivity index (χ3v) is 5.71. The second-order valence-electron chi connectivity index (χ2n) is 8.24. The summed E-state index contributed by atoms with van der Waals surface area (Å²) in [5.74, 6) is 0.584.